The number of hydrogen-bond acceptors (Lipinski definition) is 2. The van der Waals surface area contributed by atoms with Crippen LogP contribution in [0.2, 0.25) is 0 Å². The molecule has 0 N–H and O–H groups in total. The van der Waals surface area contributed by atoms with Crippen molar-refractivity contribution in [3.05, 3.63) is 29.8 Å². The van der Waals surface area contributed by atoms with Crippen molar-refractivity contribution in [1.82, 2.24) is 0 Å². The largest absolute Gasteiger partial charge is 0.462 e. The smallest absolute Gasteiger partial charge is 0.416 e. The number of epoxide rings is 1. The second-order valence-corrected chi connectivity index (χ2v) is 3.35. The van der Waals surface area contributed by atoms with E-state index in [1.807, 2.05) is 6.92 Å². The van der Waals surface area contributed by atoms with Crippen molar-refractivity contribution >= 4 is 0 Å². The molecule has 2 unspecified atom stereocenters. The van der Waals surface area contributed by atoms with E-state index in [4.69, 9.17) is 9.47 Å². The summed E-state index contributed by atoms with van der Waals surface area (Å²) in [6.07, 6.45) is -4.60. The van der Waals surface area contributed by atoms with Gasteiger partial charge in [0.15, 0.2) is 0 Å². The molecule has 1 aromatic carbocycles. The molecule has 15 heavy (non-hydrogen) atoms. The Kier molecular flexibility index (Phi) is 2.34. The zero-order valence-corrected chi connectivity index (χ0v) is 7.91. The number of hydrogen-bond donors (Lipinski definition) is 0. The van der Waals surface area contributed by atoms with Gasteiger partial charge >= 0.3 is 6.18 Å². The van der Waals surface area contributed by atoms with Crippen LogP contribution in [-0.4, -0.2) is 12.4 Å². The van der Waals surface area contributed by atoms with E-state index in [-0.39, 0.29) is 12.4 Å². The molecule has 0 aliphatic carbocycles. The molecule has 1 aliphatic heterocycles. The molecule has 82 valence electrons. The first-order valence-corrected chi connectivity index (χ1v) is 4.46. The summed E-state index contributed by atoms with van der Waals surface area (Å²) in [6.45, 7) is 1.83. The summed E-state index contributed by atoms with van der Waals surface area (Å²) in [5.41, 5.74) is -0.681. The third-order valence-corrected chi connectivity index (χ3v) is 2.09. The number of halogens is 3. The van der Waals surface area contributed by atoms with Gasteiger partial charge < -0.3 is 9.47 Å². The highest BCUT2D eigenvalue weighted by atomic mass is 19.4. The van der Waals surface area contributed by atoms with Crippen LogP contribution in [0, 0.1) is 0 Å². The van der Waals surface area contributed by atoms with Crippen molar-refractivity contribution in [2.75, 3.05) is 0 Å². The molecule has 0 saturated carbocycles. The van der Waals surface area contributed by atoms with Crippen LogP contribution < -0.4 is 4.74 Å². The summed E-state index contributed by atoms with van der Waals surface area (Å²) in [6, 6.07) is 4.55. The number of benzene rings is 1. The lowest BCUT2D eigenvalue weighted by molar-refractivity contribution is -0.137. The Hall–Kier alpha value is -1.23. The normalized spacial score (nSPS) is 25.1. The van der Waals surface area contributed by atoms with Crippen molar-refractivity contribution in [1.29, 1.82) is 0 Å². The summed E-state index contributed by atoms with van der Waals surface area (Å²) >= 11 is 0. The molecule has 2 nitrogen and oxygen atoms in total. The molecule has 0 radical (unpaired) electrons. The first-order chi connectivity index (χ1) is 6.97. The van der Waals surface area contributed by atoms with E-state index in [0.717, 1.165) is 12.1 Å². The zero-order chi connectivity index (χ0) is 11.1. The molecule has 2 atom stereocenters. The van der Waals surface area contributed by atoms with Crippen molar-refractivity contribution in [2.45, 2.75) is 25.5 Å². The van der Waals surface area contributed by atoms with Crippen LogP contribution in [0.5, 0.6) is 5.75 Å². The first-order valence-electron chi connectivity index (χ1n) is 4.46. The molecule has 5 heteroatoms. The molecule has 1 fully saturated rings. The lowest BCUT2D eigenvalue weighted by atomic mass is 10.2. The Labute approximate surface area is 84.6 Å². The fourth-order valence-electron chi connectivity index (χ4n) is 1.15. The molecular weight excluding hydrogens is 209 g/mol. The predicted molar refractivity (Wildman–Crippen MR) is 46.4 cm³/mol. The molecule has 0 bridgehead atoms. The lowest BCUT2D eigenvalue weighted by Gasteiger charge is -2.07. The summed E-state index contributed by atoms with van der Waals surface area (Å²) < 4.78 is 46.8. The molecule has 0 spiro atoms. The molecule has 1 aliphatic rings. The van der Waals surface area contributed by atoms with Gasteiger partial charge in [-0.15, -0.1) is 0 Å². The van der Waals surface area contributed by atoms with E-state index in [9.17, 15) is 13.2 Å². The maximum absolute atomic E-state index is 12.2. The average molecular weight is 218 g/mol. The molecule has 2 rings (SSSR count). The van der Waals surface area contributed by atoms with Crippen LogP contribution >= 0.6 is 0 Å². The van der Waals surface area contributed by atoms with Crippen LogP contribution in [0.25, 0.3) is 0 Å². The Morgan fingerprint density at radius 3 is 2.13 bits per heavy atom. The van der Waals surface area contributed by atoms with E-state index in [1.165, 1.54) is 12.1 Å². The Morgan fingerprint density at radius 2 is 1.73 bits per heavy atom. The highest BCUT2D eigenvalue weighted by Gasteiger charge is 2.37. The van der Waals surface area contributed by atoms with Crippen molar-refractivity contribution in [3.63, 3.8) is 0 Å². The maximum atomic E-state index is 12.2. The minimum Gasteiger partial charge on any atom is -0.462 e. The van der Waals surface area contributed by atoms with Gasteiger partial charge in [0.1, 0.15) is 11.9 Å². The SMILES string of the molecule is CC1OC1Oc1ccc(C(F)(F)F)cc1. The highest BCUT2D eigenvalue weighted by Crippen LogP contribution is 2.31. The monoisotopic (exact) mass is 218 g/mol. The predicted octanol–water partition coefficient (Wildman–Crippen LogP) is 2.83. The minimum atomic E-state index is -4.30. The van der Waals surface area contributed by atoms with E-state index in [0.29, 0.717) is 5.75 Å². The molecule has 0 aromatic heterocycles. The van der Waals surface area contributed by atoms with E-state index < -0.39 is 11.7 Å². The van der Waals surface area contributed by atoms with E-state index in [1.54, 1.807) is 0 Å². The van der Waals surface area contributed by atoms with Crippen molar-refractivity contribution in [2.24, 2.45) is 0 Å². The van der Waals surface area contributed by atoms with Gasteiger partial charge in [0.05, 0.1) is 5.56 Å². The van der Waals surface area contributed by atoms with Crippen LogP contribution in [0.4, 0.5) is 13.2 Å². The third-order valence-electron chi connectivity index (χ3n) is 2.09. The molecule has 0 amide bonds. The van der Waals surface area contributed by atoms with Gasteiger partial charge in [-0.05, 0) is 31.2 Å². The summed E-state index contributed by atoms with van der Waals surface area (Å²) in [5, 5.41) is 0. The maximum Gasteiger partial charge on any atom is 0.416 e. The van der Waals surface area contributed by atoms with Gasteiger partial charge in [-0.25, -0.2) is 0 Å². The topological polar surface area (TPSA) is 21.8 Å². The number of rotatable bonds is 2. The van der Waals surface area contributed by atoms with Crippen LogP contribution in [0.3, 0.4) is 0 Å². The lowest BCUT2D eigenvalue weighted by Crippen LogP contribution is -2.05. The average Bonchev–Trinajstić information content (AvgIpc) is 2.81. The van der Waals surface area contributed by atoms with Gasteiger partial charge in [-0.1, -0.05) is 0 Å². The van der Waals surface area contributed by atoms with E-state index >= 15 is 0 Å². The van der Waals surface area contributed by atoms with Gasteiger partial charge in [0, 0.05) is 0 Å². The first kappa shape index (κ1) is 10.3. The van der Waals surface area contributed by atoms with Gasteiger partial charge in [0.2, 0.25) is 6.29 Å². The standard InChI is InChI=1S/C10H9F3O2/c1-6-9(14-6)15-8-4-2-7(3-5-8)10(11,12)13/h2-6,9H,1H3. The Morgan fingerprint density at radius 1 is 1.20 bits per heavy atom. The van der Waals surface area contributed by atoms with E-state index in [2.05, 4.69) is 0 Å². The summed E-state index contributed by atoms with van der Waals surface area (Å²) in [7, 11) is 0. The molecular formula is C10H9F3O2. The van der Waals surface area contributed by atoms with Crippen LogP contribution in [-0.2, 0) is 10.9 Å². The Balaban J connectivity index is 2.04. The van der Waals surface area contributed by atoms with Crippen LogP contribution in [0.15, 0.2) is 24.3 Å². The minimum absolute atomic E-state index is 0.0206. The Bertz CT molecular complexity index is 345. The number of alkyl halides is 3. The summed E-state index contributed by atoms with van der Waals surface area (Å²) in [4.78, 5) is 0. The van der Waals surface area contributed by atoms with Gasteiger partial charge in [-0.2, -0.15) is 13.2 Å². The zero-order valence-electron chi connectivity index (χ0n) is 7.91. The van der Waals surface area contributed by atoms with Gasteiger partial charge in [-0.3, -0.25) is 0 Å². The second kappa shape index (κ2) is 3.41. The van der Waals surface area contributed by atoms with Crippen LogP contribution in [0.1, 0.15) is 12.5 Å². The third kappa shape index (κ3) is 2.41. The fraction of sp³-hybridized carbons (Fsp3) is 0.400. The van der Waals surface area contributed by atoms with Gasteiger partial charge in [0.25, 0.3) is 0 Å². The molecule has 1 saturated heterocycles. The highest BCUT2D eigenvalue weighted by molar-refractivity contribution is 5.29. The quantitative estimate of drug-likeness (QED) is 0.712. The fourth-order valence-corrected chi connectivity index (χ4v) is 1.15. The van der Waals surface area contributed by atoms with Crippen molar-refractivity contribution in [3.8, 4) is 5.75 Å². The summed E-state index contributed by atoms with van der Waals surface area (Å²) in [5.74, 6) is 0.386. The second-order valence-electron chi connectivity index (χ2n) is 3.35. The number of ether oxygens (including phenoxy) is 2. The molecule has 1 aromatic rings. The van der Waals surface area contributed by atoms with Crippen molar-refractivity contribution < 1.29 is 22.6 Å². The molecule has 1 heterocycles.